The summed E-state index contributed by atoms with van der Waals surface area (Å²) in [6.45, 7) is 3.88. The van der Waals surface area contributed by atoms with Crippen molar-refractivity contribution in [3.8, 4) is 5.75 Å². The molecule has 1 atom stereocenters. The smallest absolute Gasteiger partial charge is 0.124 e. The van der Waals surface area contributed by atoms with Crippen LogP contribution in [0.1, 0.15) is 37.7 Å². The molecule has 134 valence electrons. The van der Waals surface area contributed by atoms with E-state index in [9.17, 15) is 0 Å². The fourth-order valence-corrected chi connectivity index (χ4v) is 3.80. The number of rotatable bonds is 6. The van der Waals surface area contributed by atoms with Crippen molar-refractivity contribution < 1.29 is 4.74 Å². The van der Waals surface area contributed by atoms with Gasteiger partial charge in [-0.2, -0.15) is 5.10 Å². The second-order valence-corrected chi connectivity index (χ2v) is 7.30. The number of hydrogen-bond acceptors (Lipinski definition) is 4. The molecule has 2 N–H and O–H groups in total. The summed E-state index contributed by atoms with van der Waals surface area (Å²) in [5, 5.41) is 11.3. The molecule has 0 radical (unpaired) electrons. The monoisotopic (exact) mass is 340 g/mol. The molecule has 0 amide bonds. The number of aromatic nitrogens is 2. The third-order valence-corrected chi connectivity index (χ3v) is 5.26. The fourth-order valence-electron chi connectivity index (χ4n) is 3.80. The molecule has 1 aromatic heterocycles. The van der Waals surface area contributed by atoms with Crippen LogP contribution in [0.5, 0.6) is 5.75 Å². The lowest BCUT2D eigenvalue weighted by Crippen LogP contribution is -2.35. The summed E-state index contributed by atoms with van der Waals surface area (Å²) >= 11 is 0. The summed E-state index contributed by atoms with van der Waals surface area (Å²) in [5.74, 6) is 2.71. The maximum absolute atomic E-state index is 6.10. The highest BCUT2D eigenvalue weighted by molar-refractivity contribution is 5.35. The molecule has 4 rings (SSSR count). The number of ether oxygens (including phenoxy) is 1. The number of nitrogens with zero attached hydrogens (tertiary/aromatic N) is 2. The zero-order valence-electron chi connectivity index (χ0n) is 14.8. The van der Waals surface area contributed by atoms with E-state index < -0.39 is 0 Å². The normalized spacial score (nSPS) is 20.7. The molecule has 1 aliphatic heterocycles. The van der Waals surface area contributed by atoms with E-state index >= 15 is 0 Å². The number of hydrogen-bond donors (Lipinski definition) is 2. The van der Waals surface area contributed by atoms with Crippen molar-refractivity contribution in [1.29, 1.82) is 0 Å². The Hall–Kier alpha value is -2.01. The summed E-state index contributed by atoms with van der Waals surface area (Å²) in [4.78, 5) is 0. The van der Waals surface area contributed by atoms with Gasteiger partial charge in [0, 0.05) is 38.2 Å². The van der Waals surface area contributed by atoms with Crippen LogP contribution in [0.3, 0.4) is 0 Å². The Morgan fingerprint density at radius 3 is 2.80 bits per heavy atom. The van der Waals surface area contributed by atoms with Gasteiger partial charge in [-0.05, 0) is 43.4 Å². The van der Waals surface area contributed by atoms with Gasteiger partial charge in [-0.1, -0.05) is 18.6 Å². The molecular weight excluding hydrogens is 312 g/mol. The maximum Gasteiger partial charge on any atom is 0.124 e. The lowest BCUT2D eigenvalue weighted by molar-refractivity contribution is 0.155. The minimum absolute atomic E-state index is 0.420. The highest BCUT2D eigenvalue weighted by atomic mass is 16.5. The lowest BCUT2D eigenvalue weighted by Gasteiger charge is -2.25. The van der Waals surface area contributed by atoms with Crippen molar-refractivity contribution in [2.24, 2.45) is 5.92 Å². The van der Waals surface area contributed by atoms with E-state index in [1.807, 2.05) is 16.9 Å². The standard InChI is InChI=1S/C20H28N4O/c1-2-4-18(5-3-1)25-19-8-6-16(7-9-19)12-21-13-17-14-22-20-10-11-23-24(20)15-17/h6-11,17-18,21-22H,1-5,12-15H2/t17-/m1/s1. The zero-order chi connectivity index (χ0) is 16.9. The maximum atomic E-state index is 6.10. The van der Waals surface area contributed by atoms with Gasteiger partial charge in [0.2, 0.25) is 0 Å². The molecule has 2 aromatic rings. The predicted octanol–water partition coefficient (Wildman–Crippen LogP) is 3.43. The Balaban J connectivity index is 1.21. The van der Waals surface area contributed by atoms with Gasteiger partial charge in [-0.25, -0.2) is 4.68 Å². The Kier molecular flexibility index (Phi) is 5.21. The molecule has 1 saturated carbocycles. The lowest BCUT2D eigenvalue weighted by atomic mass is 9.98. The number of benzene rings is 1. The van der Waals surface area contributed by atoms with Crippen LogP contribution in [0, 0.1) is 5.92 Å². The average Bonchev–Trinajstić information content (AvgIpc) is 3.12. The Morgan fingerprint density at radius 1 is 1.12 bits per heavy atom. The molecule has 5 heteroatoms. The van der Waals surface area contributed by atoms with E-state index in [-0.39, 0.29) is 0 Å². The quantitative estimate of drug-likeness (QED) is 0.846. The van der Waals surface area contributed by atoms with Crippen LogP contribution in [0.4, 0.5) is 5.82 Å². The van der Waals surface area contributed by atoms with Gasteiger partial charge in [0.25, 0.3) is 0 Å². The fraction of sp³-hybridized carbons (Fsp3) is 0.550. The first-order valence-corrected chi connectivity index (χ1v) is 9.59. The van der Waals surface area contributed by atoms with E-state index in [0.29, 0.717) is 12.0 Å². The Bertz CT molecular complexity index is 661. The van der Waals surface area contributed by atoms with Crippen LogP contribution in [-0.2, 0) is 13.1 Å². The van der Waals surface area contributed by atoms with Crippen LogP contribution < -0.4 is 15.4 Å². The van der Waals surface area contributed by atoms with Gasteiger partial charge in [-0.3, -0.25) is 0 Å². The van der Waals surface area contributed by atoms with Crippen LogP contribution in [-0.4, -0.2) is 29.0 Å². The molecule has 1 aliphatic carbocycles. The first-order chi connectivity index (χ1) is 12.4. The van der Waals surface area contributed by atoms with Gasteiger partial charge < -0.3 is 15.4 Å². The van der Waals surface area contributed by atoms with Gasteiger partial charge in [0.15, 0.2) is 0 Å². The van der Waals surface area contributed by atoms with E-state index in [2.05, 4.69) is 40.0 Å². The van der Waals surface area contributed by atoms with E-state index in [4.69, 9.17) is 4.74 Å². The number of anilines is 1. The van der Waals surface area contributed by atoms with Crippen molar-refractivity contribution in [2.45, 2.75) is 51.3 Å². The molecule has 1 aromatic carbocycles. The molecule has 5 nitrogen and oxygen atoms in total. The molecular formula is C20H28N4O. The van der Waals surface area contributed by atoms with Crippen LogP contribution in [0.15, 0.2) is 36.5 Å². The predicted molar refractivity (Wildman–Crippen MR) is 99.9 cm³/mol. The summed E-state index contributed by atoms with van der Waals surface area (Å²) in [6.07, 6.45) is 8.67. The van der Waals surface area contributed by atoms with E-state index in [1.54, 1.807) is 0 Å². The molecule has 2 aliphatic rings. The second-order valence-electron chi connectivity index (χ2n) is 7.30. The highest BCUT2D eigenvalue weighted by Gasteiger charge is 2.17. The zero-order valence-corrected chi connectivity index (χ0v) is 14.8. The number of fused-ring (bicyclic) bond motifs is 1. The third-order valence-electron chi connectivity index (χ3n) is 5.26. The summed E-state index contributed by atoms with van der Waals surface area (Å²) in [7, 11) is 0. The summed E-state index contributed by atoms with van der Waals surface area (Å²) < 4.78 is 8.15. The molecule has 0 bridgehead atoms. The summed E-state index contributed by atoms with van der Waals surface area (Å²) in [6, 6.07) is 10.6. The van der Waals surface area contributed by atoms with E-state index in [1.165, 1.54) is 37.7 Å². The molecule has 2 heterocycles. The average molecular weight is 340 g/mol. The number of nitrogens with one attached hydrogen (secondary N) is 2. The molecule has 25 heavy (non-hydrogen) atoms. The molecule has 0 saturated heterocycles. The highest BCUT2D eigenvalue weighted by Crippen LogP contribution is 2.23. The van der Waals surface area contributed by atoms with Crippen molar-refractivity contribution in [2.75, 3.05) is 18.4 Å². The first kappa shape index (κ1) is 16.5. The van der Waals surface area contributed by atoms with Crippen molar-refractivity contribution in [1.82, 2.24) is 15.1 Å². The topological polar surface area (TPSA) is 51.1 Å². The first-order valence-electron chi connectivity index (χ1n) is 9.59. The van der Waals surface area contributed by atoms with Gasteiger partial charge >= 0.3 is 0 Å². The van der Waals surface area contributed by atoms with Gasteiger partial charge in [-0.15, -0.1) is 0 Å². The van der Waals surface area contributed by atoms with Crippen LogP contribution in [0.2, 0.25) is 0 Å². The minimum Gasteiger partial charge on any atom is -0.490 e. The van der Waals surface area contributed by atoms with E-state index in [0.717, 1.165) is 37.7 Å². The van der Waals surface area contributed by atoms with Gasteiger partial charge in [0.1, 0.15) is 11.6 Å². The van der Waals surface area contributed by atoms with Crippen molar-refractivity contribution >= 4 is 5.82 Å². The Morgan fingerprint density at radius 2 is 1.96 bits per heavy atom. The van der Waals surface area contributed by atoms with Crippen molar-refractivity contribution in [3.05, 3.63) is 42.1 Å². The molecule has 0 spiro atoms. The van der Waals surface area contributed by atoms with Crippen molar-refractivity contribution in [3.63, 3.8) is 0 Å². The second kappa shape index (κ2) is 7.91. The molecule has 1 fully saturated rings. The van der Waals surface area contributed by atoms with Crippen LogP contribution in [0.25, 0.3) is 0 Å². The molecule has 0 unspecified atom stereocenters. The summed E-state index contributed by atoms with van der Waals surface area (Å²) in [5.41, 5.74) is 1.31. The van der Waals surface area contributed by atoms with Gasteiger partial charge in [0.05, 0.1) is 12.3 Å². The third kappa shape index (κ3) is 4.34. The van der Waals surface area contributed by atoms with Crippen LogP contribution >= 0.6 is 0 Å². The minimum atomic E-state index is 0.420. The SMILES string of the molecule is c1cc2n(n1)C[C@H](CNCc1ccc(OC3CCCCC3)cc1)CN2. The Labute approximate surface area is 149 Å². The largest absolute Gasteiger partial charge is 0.490 e.